The maximum atomic E-state index is 13.0. The molecule has 0 radical (unpaired) electrons. The number of carbonyl (C=O) groups is 1. The van der Waals surface area contributed by atoms with Crippen LogP contribution in [0.5, 0.6) is 0 Å². The molecule has 3 saturated carbocycles. The van der Waals surface area contributed by atoms with E-state index in [0.717, 1.165) is 18.9 Å². The minimum absolute atomic E-state index is 0.0222. The van der Waals surface area contributed by atoms with E-state index in [2.05, 4.69) is 58.1 Å². The molecule has 5 rings (SSSR count). The van der Waals surface area contributed by atoms with E-state index in [1.165, 1.54) is 44.1 Å². The Bertz CT molecular complexity index is 843. The molecule has 0 amide bonds. The lowest BCUT2D eigenvalue weighted by Gasteiger charge is -2.60. The minimum Gasteiger partial charge on any atom is -0.461 e. The number of hydrogen-bond acceptors (Lipinski definition) is 4. The van der Waals surface area contributed by atoms with E-state index < -0.39 is 0 Å². The Labute approximate surface area is 201 Å². The molecule has 1 aliphatic heterocycles. The van der Waals surface area contributed by atoms with E-state index in [1.54, 1.807) is 5.57 Å². The fourth-order valence-corrected chi connectivity index (χ4v) is 9.13. The van der Waals surface area contributed by atoms with Crippen LogP contribution in [0, 0.1) is 34.5 Å². The highest BCUT2D eigenvalue weighted by molar-refractivity contribution is 5.71. The van der Waals surface area contributed by atoms with Crippen molar-refractivity contribution in [3.63, 3.8) is 0 Å². The molecule has 4 fully saturated rings. The molecule has 4 heteroatoms. The van der Waals surface area contributed by atoms with Crippen molar-refractivity contribution in [1.29, 1.82) is 0 Å². The second-order valence-corrected chi connectivity index (χ2v) is 12.8. The van der Waals surface area contributed by atoms with E-state index in [9.17, 15) is 4.79 Å². The number of carbonyl (C=O) groups excluding carboxylic acids is 1. The number of ether oxygens (including phenoxy) is 1. The van der Waals surface area contributed by atoms with Crippen LogP contribution in [0.25, 0.3) is 0 Å². The van der Waals surface area contributed by atoms with Crippen LogP contribution in [0.4, 0.5) is 0 Å². The van der Waals surface area contributed by atoms with Gasteiger partial charge in [0.25, 0.3) is 0 Å². The summed E-state index contributed by atoms with van der Waals surface area (Å²) < 4.78 is 6.49. The van der Waals surface area contributed by atoms with Gasteiger partial charge in [0.1, 0.15) is 6.10 Å². The van der Waals surface area contributed by atoms with Crippen LogP contribution < -0.4 is 5.32 Å². The Kier molecular flexibility index (Phi) is 6.09. The third-order valence-corrected chi connectivity index (χ3v) is 10.9. The molecule has 4 nitrogen and oxygen atoms in total. The van der Waals surface area contributed by atoms with Gasteiger partial charge >= 0.3 is 5.97 Å². The first-order chi connectivity index (χ1) is 15.7. The third-order valence-electron chi connectivity index (χ3n) is 10.9. The molecule has 0 aromatic rings. The average molecular weight is 455 g/mol. The second-order valence-electron chi connectivity index (χ2n) is 12.8. The predicted octanol–water partition coefficient (Wildman–Crippen LogP) is 5.35. The zero-order valence-electron chi connectivity index (χ0n) is 21.8. The lowest BCUT2D eigenvalue weighted by atomic mass is 9.46. The monoisotopic (exact) mass is 454 g/mol. The van der Waals surface area contributed by atoms with Crippen LogP contribution in [-0.2, 0) is 9.53 Å². The first kappa shape index (κ1) is 23.6. The van der Waals surface area contributed by atoms with E-state index in [1.807, 2.05) is 6.08 Å². The Balaban J connectivity index is 1.47. The molecule has 1 saturated heterocycles. The number of nitrogens with one attached hydrogen (secondary N) is 1. The van der Waals surface area contributed by atoms with Gasteiger partial charge in [-0.25, -0.2) is 0 Å². The van der Waals surface area contributed by atoms with Gasteiger partial charge in [-0.15, -0.1) is 0 Å². The topological polar surface area (TPSA) is 41.6 Å². The highest BCUT2D eigenvalue weighted by Crippen LogP contribution is 2.68. The normalized spacial score (nSPS) is 46.0. The van der Waals surface area contributed by atoms with Crippen molar-refractivity contribution in [2.24, 2.45) is 34.5 Å². The van der Waals surface area contributed by atoms with Crippen molar-refractivity contribution in [3.8, 4) is 0 Å². The Morgan fingerprint density at radius 2 is 1.97 bits per heavy atom. The molecule has 33 heavy (non-hydrogen) atoms. The maximum absolute atomic E-state index is 13.0. The van der Waals surface area contributed by atoms with Crippen molar-refractivity contribution < 1.29 is 9.53 Å². The highest BCUT2D eigenvalue weighted by Gasteiger charge is 2.67. The standard InChI is InChI=1S/C29H46N2O2/c1-18(2)7-12-27(32)33-26-16-25-22(24-11-10-23-19(3)30-17-29(23,24)26)9-8-20-15-21(31(5)6)13-14-28(20,25)4/h7-8,19,21-26,30H,9-17H2,1-6H3/t19?,21-,22?,23+,24?,25?,26+,28-,29+/m0/s1. The summed E-state index contributed by atoms with van der Waals surface area (Å²) in [6, 6.07) is 1.20. The first-order valence-electron chi connectivity index (χ1n) is 13.6. The fraction of sp³-hybridized carbons (Fsp3) is 0.828. The van der Waals surface area contributed by atoms with Gasteiger partial charge in [-0.2, -0.15) is 0 Å². The Hall–Kier alpha value is -1.13. The number of fused-ring (bicyclic) bond motifs is 4. The second kappa shape index (κ2) is 8.52. The summed E-state index contributed by atoms with van der Waals surface area (Å²) in [4.78, 5) is 15.4. The van der Waals surface area contributed by atoms with Crippen LogP contribution in [0.2, 0.25) is 0 Å². The summed E-state index contributed by atoms with van der Waals surface area (Å²) >= 11 is 0. The maximum Gasteiger partial charge on any atom is 0.309 e. The van der Waals surface area contributed by atoms with Crippen molar-refractivity contribution in [2.75, 3.05) is 20.6 Å². The molecule has 0 bridgehead atoms. The smallest absolute Gasteiger partial charge is 0.309 e. The van der Waals surface area contributed by atoms with E-state index in [-0.39, 0.29) is 22.9 Å². The summed E-state index contributed by atoms with van der Waals surface area (Å²) in [5.41, 5.74) is 3.31. The summed E-state index contributed by atoms with van der Waals surface area (Å²) in [6.45, 7) is 10.1. The number of hydrogen-bond donors (Lipinski definition) is 1. The largest absolute Gasteiger partial charge is 0.461 e. The van der Waals surface area contributed by atoms with Gasteiger partial charge in [-0.1, -0.05) is 30.2 Å². The molecular weight excluding hydrogens is 408 g/mol. The van der Waals surface area contributed by atoms with Gasteiger partial charge in [0.15, 0.2) is 0 Å². The zero-order chi connectivity index (χ0) is 23.5. The van der Waals surface area contributed by atoms with Crippen molar-refractivity contribution in [1.82, 2.24) is 10.2 Å². The van der Waals surface area contributed by atoms with Gasteiger partial charge in [0.05, 0.1) is 6.42 Å². The lowest BCUT2D eigenvalue weighted by molar-refractivity contribution is -0.177. The van der Waals surface area contributed by atoms with Gasteiger partial charge in [-0.05, 0) is 109 Å². The average Bonchev–Trinajstić information content (AvgIpc) is 3.31. The SMILES string of the molecule is CC(C)=CCC(=O)O[C@@H]1CC2C(CC=C3C[C@@H](N(C)C)CC[C@@]32C)C2CC[C@@H]3C(C)NC[C@]231. The zero-order valence-corrected chi connectivity index (χ0v) is 21.8. The van der Waals surface area contributed by atoms with Gasteiger partial charge in [-0.3, -0.25) is 4.79 Å². The number of allylic oxidation sites excluding steroid dienone is 2. The fourth-order valence-electron chi connectivity index (χ4n) is 9.13. The number of esters is 1. The van der Waals surface area contributed by atoms with Crippen molar-refractivity contribution >= 4 is 5.97 Å². The van der Waals surface area contributed by atoms with Gasteiger partial charge in [0, 0.05) is 24.0 Å². The Morgan fingerprint density at radius 1 is 1.21 bits per heavy atom. The third kappa shape index (κ3) is 3.66. The predicted molar refractivity (Wildman–Crippen MR) is 134 cm³/mol. The molecule has 4 aliphatic carbocycles. The lowest BCUT2D eigenvalue weighted by Crippen LogP contribution is -2.59. The quantitative estimate of drug-likeness (QED) is 0.459. The van der Waals surface area contributed by atoms with Crippen LogP contribution in [-0.4, -0.2) is 49.7 Å². The molecule has 1 N–H and O–H groups in total. The van der Waals surface area contributed by atoms with E-state index in [0.29, 0.717) is 36.3 Å². The number of nitrogens with zero attached hydrogens (tertiary/aromatic N) is 1. The van der Waals surface area contributed by atoms with Crippen LogP contribution in [0.15, 0.2) is 23.3 Å². The number of rotatable bonds is 4. The van der Waals surface area contributed by atoms with Crippen LogP contribution in [0.3, 0.4) is 0 Å². The van der Waals surface area contributed by atoms with E-state index >= 15 is 0 Å². The van der Waals surface area contributed by atoms with Crippen LogP contribution >= 0.6 is 0 Å². The molecule has 1 heterocycles. The van der Waals surface area contributed by atoms with Crippen molar-refractivity contribution in [2.45, 2.75) is 97.2 Å². The molecule has 0 aromatic carbocycles. The first-order valence-corrected chi connectivity index (χ1v) is 13.6. The molecular formula is C29H46N2O2. The Morgan fingerprint density at radius 3 is 2.70 bits per heavy atom. The molecule has 184 valence electrons. The van der Waals surface area contributed by atoms with Crippen LogP contribution in [0.1, 0.15) is 79.1 Å². The van der Waals surface area contributed by atoms with Crippen molar-refractivity contribution in [3.05, 3.63) is 23.3 Å². The van der Waals surface area contributed by atoms with Gasteiger partial charge < -0.3 is 15.0 Å². The summed E-state index contributed by atoms with van der Waals surface area (Å²) in [6.07, 6.45) is 13.8. The van der Waals surface area contributed by atoms with E-state index in [4.69, 9.17) is 4.74 Å². The molecule has 0 aromatic heterocycles. The minimum atomic E-state index is -0.0222. The molecule has 4 unspecified atom stereocenters. The molecule has 5 aliphatic rings. The molecule has 1 spiro atoms. The summed E-state index contributed by atoms with van der Waals surface area (Å²) in [5, 5.41) is 3.82. The summed E-state index contributed by atoms with van der Waals surface area (Å²) in [5.74, 6) is 2.70. The molecule has 9 atom stereocenters. The summed E-state index contributed by atoms with van der Waals surface area (Å²) in [7, 11) is 4.47. The highest BCUT2D eigenvalue weighted by atomic mass is 16.5. The van der Waals surface area contributed by atoms with Gasteiger partial charge in [0.2, 0.25) is 0 Å².